The molecule has 1 saturated carbocycles. The zero-order valence-electron chi connectivity index (χ0n) is 20.3. The summed E-state index contributed by atoms with van der Waals surface area (Å²) in [7, 11) is -2.24. The normalized spacial score (nSPS) is 22.6. The summed E-state index contributed by atoms with van der Waals surface area (Å²) < 4.78 is 6.89. The third-order valence-electron chi connectivity index (χ3n) is 7.73. The van der Waals surface area contributed by atoms with Gasteiger partial charge < -0.3 is 4.43 Å². The van der Waals surface area contributed by atoms with Crippen LogP contribution in [-0.2, 0) is 14.0 Å². The summed E-state index contributed by atoms with van der Waals surface area (Å²) in [6.45, 7) is 13.4. The third kappa shape index (κ3) is 4.68. The molecule has 172 valence electrons. The van der Waals surface area contributed by atoms with Crippen molar-refractivity contribution in [2.45, 2.75) is 109 Å². The second kappa shape index (κ2) is 9.99. The minimum absolute atomic E-state index is 0.0310. The summed E-state index contributed by atoms with van der Waals surface area (Å²) >= 11 is 0. The lowest BCUT2D eigenvalue weighted by Crippen LogP contribution is -2.66. The maximum absolute atomic E-state index is 13.3. The Morgan fingerprint density at radius 3 is 2.06 bits per heavy atom. The Morgan fingerprint density at radius 2 is 1.55 bits per heavy atom. The van der Waals surface area contributed by atoms with Gasteiger partial charge in [0.1, 0.15) is 0 Å². The Balaban J connectivity index is 1.84. The van der Waals surface area contributed by atoms with Gasteiger partial charge in [-0.15, -0.1) is 0 Å². The SMILES string of the molecule is CC(C)[Si](O[C@H]1C(=O)N(C(=O)CCC2CCCC2)[C@H]1c1ccccc1)(C(C)C)C(C)C. The number of carbonyl (C=O) groups excluding carboxylic acids is 2. The van der Waals surface area contributed by atoms with Gasteiger partial charge in [-0.1, -0.05) is 97.6 Å². The molecule has 1 aromatic carbocycles. The molecule has 1 aliphatic heterocycles. The molecule has 0 bridgehead atoms. The maximum Gasteiger partial charge on any atom is 0.260 e. The topological polar surface area (TPSA) is 46.6 Å². The molecule has 2 atom stereocenters. The average molecular weight is 444 g/mol. The molecule has 0 spiro atoms. The zero-order chi connectivity index (χ0) is 22.8. The average Bonchev–Trinajstić information content (AvgIpc) is 3.24. The monoisotopic (exact) mass is 443 g/mol. The number of carbonyl (C=O) groups is 2. The Labute approximate surface area is 189 Å². The number of rotatable bonds is 9. The Bertz CT molecular complexity index is 733. The zero-order valence-corrected chi connectivity index (χ0v) is 21.3. The highest BCUT2D eigenvalue weighted by Crippen LogP contribution is 2.48. The van der Waals surface area contributed by atoms with E-state index in [0.29, 0.717) is 29.0 Å². The Hall–Kier alpha value is -1.46. The molecule has 3 rings (SSSR count). The summed E-state index contributed by atoms with van der Waals surface area (Å²) in [5.41, 5.74) is 2.18. The molecule has 0 radical (unpaired) electrons. The fraction of sp³-hybridized carbons (Fsp3) is 0.692. The van der Waals surface area contributed by atoms with Gasteiger partial charge in [-0.25, -0.2) is 0 Å². The number of β-lactam (4-membered cyclic amide) rings is 1. The minimum Gasteiger partial charge on any atom is -0.402 e. The molecule has 0 aromatic heterocycles. The first kappa shape index (κ1) is 24.2. The fourth-order valence-corrected chi connectivity index (χ4v) is 11.7. The number of hydrogen-bond acceptors (Lipinski definition) is 3. The third-order valence-corrected chi connectivity index (χ3v) is 13.8. The number of amides is 2. The molecule has 2 amide bonds. The van der Waals surface area contributed by atoms with Crippen LogP contribution >= 0.6 is 0 Å². The predicted molar refractivity (Wildman–Crippen MR) is 128 cm³/mol. The molecule has 2 aliphatic rings. The van der Waals surface area contributed by atoms with Crippen LogP contribution < -0.4 is 0 Å². The molecule has 4 nitrogen and oxygen atoms in total. The van der Waals surface area contributed by atoms with Crippen LogP contribution in [0.4, 0.5) is 0 Å². The molecule has 31 heavy (non-hydrogen) atoms. The smallest absolute Gasteiger partial charge is 0.260 e. The van der Waals surface area contributed by atoms with E-state index in [1.165, 1.54) is 30.6 Å². The van der Waals surface area contributed by atoms with Crippen LogP contribution in [0.5, 0.6) is 0 Å². The lowest BCUT2D eigenvalue weighted by molar-refractivity contribution is -0.174. The van der Waals surface area contributed by atoms with Crippen LogP contribution in [0.2, 0.25) is 16.6 Å². The van der Waals surface area contributed by atoms with Crippen molar-refractivity contribution in [3.63, 3.8) is 0 Å². The van der Waals surface area contributed by atoms with Crippen LogP contribution in [0.3, 0.4) is 0 Å². The van der Waals surface area contributed by atoms with E-state index in [1.54, 1.807) is 0 Å². The van der Waals surface area contributed by atoms with Gasteiger partial charge in [-0.05, 0) is 34.5 Å². The molecule has 1 saturated heterocycles. The highest BCUT2D eigenvalue weighted by atomic mass is 28.4. The largest absolute Gasteiger partial charge is 0.402 e. The van der Waals surface area contributed by atoms with Gasteiger partial charge in [-0.2, -0.15) is 0 Å². The highest BCUT2D eigenvalue weighted by molar-refractivity contribution is 6.77. The van der Waals surface area contributed by atoms with Crippen molar-refractivity contribution >= 4 is 20.1 Å². The van der Waals surface area contributed by atoms with Gasteiger partial charge in [0.15, 0.2) is 6.10 Å². The summed E-state index contributed by atoms with van der Waals surface area (Å²) in [5.74, 6) is 0.478. The van der Waals surface area contributed by atoms with Gasteiger partial charge in [0, 0.05) is 6.42 Å². The van der Waals surface area contributed by atoms with E-state index < -0.39 is 14.4 Å². The number of benzene rings is 1. The summed E-state index contributed by atoms with van der Waals surface area (Å²) in [6, 6.07) is 9.68. The van der Waals surface area contributed by atoms with Crippen molar-refractivity contribution in [1.29, 1.82) is 0 Å². The maximum atomic E-state index is 13.3. The number of hydrogen-bond donors (Lipinski definition) is 0. The van der Waals surface area contributed by atoms with Crippen molar-refractivity contribution in [2.75, 3.05) is 0 Å². The Kier molecular flexibility index (Phi) is 7.80. The van der Waals surface area contributed by atoms with Crippen molar-refractivity contribution in [3.05, 3.63) is 35.9 Å². The molecule has 2 fully saturated rings. The molecule has 1 aliphatic carbocycles. The second-order valence-corrected chi connectivity index (χ2v) is 15.9. The summed E-state index contributed by atoms with van der Waals surface area (Å²) in [6.07, 6.45) is 5.82. The number of nitrogens with zero attached hydrogens (tertiary/aromatic N) is 1. The summed E-state index contributed by atoms with van der Waals surface area (Å²) in [5, 5.41) is 0. The van der Waals surface area contributed by atoms with E-state index in [-0.39, 0.29) is 17.9 Å². The van der Waals surface area contributed by atoms with E-state index in [1.807, 2.05) is 30.3 Å². The quantitative estimate of drug-likeness (QED) is 0.318. The predicted octanol–water partition coefficient (Wildman–Crippen LogP) is 6.63. The summed E-state index contributed by atoms with van der Waals surface area (Å²) in [4.78, 5) is 28.0. The lowest BCUT2D eigenvalue weighted by atomic mass is 9.89. The van der Waals surface area contributed by atoms with Gasteiger partial charge >= 0.3 is 0 Å². The number of imide groups is 1. The first-order valence-corrected chi connectivity index (χ1v) is 14.4. The van der Waals surface area contributed by atoms with Crippen LogP contribution in [0.15, 0.2) is 30.3 Å². The Morgan fingerprint density at radius 1 is 1.00 bits per heavy atom. The van der Waals surface area contributed by atoms with Crippen molar-refractivity contribution in [1.82, 2.24) is 4.90 Å². The first-order valence-electron chi connectivity index (χ1n) is 12.3. The van der Waals surface area contributed by atoms with Crippen LogP contribution in [0, 0.1) is 5.92 Å². The van der Waals surface area contributed by atoms with Crippen molar-refractivity contribution in [2.24, 2.45) is 5.92 Å². The molecule has 0 N–H and O–H groups in total. The molecule has 0 unspecified atom stereocenters. The molecule has 1 aromatic rings. The fourth-order valence-electron chi connectivity index (χ4n) is 6.20. The van der Waals surface area contributed by atoms with E-state index in [9.17, 15) is 9.59 Å². The number of likely N-dealkylation sites (tertiary alicyclic amines) is 1. The standard InChI is InChI=1S/C26H41NO3Si/c1-18(2)31(19(3)4,20(5)6)30-25-24(22-14-8-7-9-15-22)27(26(25)29)23(28)17-16-21-12-10-11-13-21/h7-9,14-15,18-21,24-25H,10-13,16-17H2,1-6H3/t24-,25+/m0/s1. The highest BCUT2D eigenvalue weighted by Gasteiger charge is 2.57. The van der Waals surface area contributed by atoms with Gasteiger partial charge in [-0.3, -0.25) is 14.5 Å². The van der Waals surface area contributed by atoms with E-state index >= 15 is 0 Å². The van der Waals surface area contributed by atoms with Crippen molar-refractivity contribution in [3.8, 4) is 0 Å². The van der Waals surface area contributed by atoms with E-state index in [4.69, 9.17) is 4.43 Å². The second-order valence-electron chi connectivity index (χ2n) is 10.5. The van der Waals surface area contributed by atoms with Crippen LogP contribution in [0.25, 0.3) is 0 Å². The first-order chi connectivity index (χ1) is 14.7. The van der Waals surface area contributed by atoms with E-state index in [0.717, 1.165) is 12.0 Å². The minimum atomic E-state index is -2.24. The molecule has 1 heterocycles. The molecular formula is C26H41NO3Si. The van der Waals surface area contributed by atoms with Crippen LogP contribution in [-0.4, -0.2) is 31.1 Å². The van der Waals surface area contributed by atoms with Gasteiger partial charge in [0.05, 0.1) is 6.04 Å². The van der Waals surface area contributed by atoms with Crippen LogP contribution in [0.1, 0.15) is 91.7 Å². The van der Waals surface area contributed by atoms with Crippen molar-refractivity contribution < 1.29 is 14.0 Å². The molecule has 5 heteroatoms. The van der Waals surface area contributed by atoms with Gasteiger partial charge in [0.2, 0.25) is 14.2 Å². The molecular weight excluding hydrogens is 402 g/mol. The van der Waals surface area contributed by atoms with Gasteiger partial charge in [0.25, 0.3) is 5.91 Å². The lowest BCUT2D eigenvalue weighted by Gasteiger charge is -2.52. The van der Waals surface area contributed by atoms with E-state index in [2.05, 4.69) is 41.5 Å².